The molecular formula is C10H21NS. The molecule has 0 aromatic rings. The SMILES string of the molecule is CC(C)C(CN)SC1CCCC1. The van der Waals surface area contributed by atoms with E-state index in [1.807, 2.05) is 0 Å². The maximum absolute atomic E-state index is 5.73. The van der Waals surface area contributed by atoms with Gasteiger partial charge in [0.05, 0.1) is 0 Å². The van der Waals surface area contributed by atoms with Gasteiger partial charge in [-0.25, -0.2) is 0 Å². The zero-order chi connectivity index (χ0) is 8.97. The molecule has 12 heavy (non-hydrogen) atoms. The van der Waals surface area contributed by atoms with Gasteiger partial charge in [-0.15, -0.1) is 0 Å². The third kappa shape index (κ3) is 2.98. The highest BCUT2D eigenvalue weighted by molar-refractivity contribution is 8.00. The number of hydrogen-bond acceptors (Lipinski definition) is 2. The lowest BCUT2D eigenvalue weighted by molar-refractivity contribution is 0.609. The zero-order valence-corrected chi connectivity index (χ0v) is 9.07. The van der Waals surface area contributed by atoms with Crippen LogP contribution in [0.15, 0.2) is 0 Å². The van der Waals surface area contributed by atoms with E-state index in [1.165, 1.54) is 25.7 Å². The second-order valence-electron chi connectivity index (χ2n) is 4.06. The van der Waals surface area contributed by atoms with E-state index < -0.39 is 0 Å². The lowest BCUT2D eigenvalue weighted by Gasteiger charge is -2.21. The lowest BCUT2D eigenvalue weighted by Crippen LogP contribution is -2.24. The number of thioether (sulfide) groups is 1. The van der Waals surface area contributed by atoms with Crippen LogP contribution in [0.1, 0.15) is 39.5 Å². The van der Waals surface area contributed by atoms with Gasteiger partial charge in [0.25, 0.3) is 0 Å². The summed E-state index contributed by atoms with van der Waals surface area (Å²) in [5.74, 6) is 0.737. The maximum atomic E-state index is 5.73. The minimum Gasteiger partial charge on any atom is -0.329 e. The molecule has 1 saturated carbocycles. The molecule has 72 valence electrons. The Hall–Kier alpha value is 0.310. The number of hydrogen-bond donors (Lipinski definition) is 1. The highest BCUT2D eigenvalue weighted by Crippen LogP contribution is 2.34. The summed E-state index contributed by atoms with van der Waals surface area (Å²) < 4.78 is 0. The maximum Gasteiger partial charge on any atom is 0.0195 e. The molecule has 0 radical (unpaired) electrons. The Labute approximate surface area is 80.5 Å². The Balaban J connectivity index is 2.26. The largest absolute Gasteiger partial charge is 0.329 e. The third-order valence-electron chi connectivity index (χ3n) is 2.65. The van der Waals surface area contributed by atoms with Crippen molar-refractivity contribution >= 4 is 11.8 Å². The van der Waals surface area contributed by atoms with Crippen molar-refractivity contribution in [3.05, 3.63) is 0 Å². The van der Waals surface area contributed by atoms with Gasteiger partial charge in [0, 0.05) is 17.0 Å². The monoisotopic (exact) mass is 187 g/mol. The van der Waals surface area contributed by atoms with Crippen molar-refractivity contribution in [3.63, 3.8) is 0 Å². The van der Waals surface area contributed by atoms with Crippen molar-refractivity contribution < 1.29 is 0 Å². The van der Waals surface area contributed by atoms with Crippen molar-refractivity contribution in [1.82, 2.24) is 0 Å². The van der Waals surface area contributed by atoms with Crippen molar-refractivity contribution in [3.8, 4) is 0 Å². The van der Waals surface area contributed by atoms with E-state index in [2.05, 4.69) is 25.6 Å². The van der Waals surface area contributed by atoms with Crippen LogP contribution in [0, 0.1) is 5.92 Å². The molecule has 1 nitrogen and oxygen atoms in total. The first-order valence-electron chi connectivity index (χ1n) is 5.09. The van der Waals surface area contributed by atoms with E-state index in [0.29, 0.717) is 5.25 Å². The third-order valence-corrected chi connectivity index (χ3v) is 4.59. The molecule has 1 aliphatic rings. The van der Waals surface area contributed by atoms with Gasteiger partial charge in [-0.2, -0.15) is 11.8 Å². The molecule has 0 aliphatic heterocycles. The Bertz CT molecular complexity index is 119. The molecular weight excluding hydrogens is 166 g/mol. The number of nitrogens with two attached hydrogens (primary N) is 1. The summed E-state index contributed by atoms with van der Waals surface area (Å²) in [6.45, 7) is 5.40. The van der Waals surface area contributed by atoms with Crippen molar-refractivity contribution in [1.29, 1.82) is 0 Å². The Morgan fingerprint density at radius 1 is 1.33 bits per heavy atom. The van der Waals surface area contributed by atoms with E-state index >= 15 is 0 Å². The first-order valence-corrected chi connectivity index (χ1v) is 6.04. The van der Waals surface area contributed by atoms with Crippen LogP contribution in [-0.2, 0) is 0 Å². The highest BCUT2D eigenvalue weighted by atomic mass is 32.2. The fourth-order valence-electron chi connectivity index (χ4n) is 1.76. The highest BCUT2D eigenvalue weighted by Gasteiger charge is 2.21. The van der Waals surface area contributed by atoms with E-state index in [0.717, 1.165) is 17.7 Å². The molecule has 1 unspecified atom stereocenters. The quantitative estimate of drug-likeness (QED) is 0.732. The van der Waals surface area contributed by atoms with E-state index in [9.17, 15) is 0 Å². The smallest absolute Gasteiger partial charge is 0.0195 e. The van der Waals surface area contributed by atoms with Crippen LogP contribution in [0.4, 0.5) is 0 Å². The molecule has 1 aliphatic carbocycles. The zero-order valence-electron chi connectivity index (χ0n) is 8.25. The average molecular weight is 187 g/mol. The van der Waals surface area contributed by atoms with E-state index in [-0.39, 0.29) is 0 Å². The normalized spacial score (nSPS) is 22.0. The predicted octanol–water partition coefficient (Wildman–Crippen LogP) is 2.65. The van der Waals surface area contributed by atoms with Crippen LogP contribution >= 0.6 is 11.8 Å². The first-order chi connectivity index (χ1) is 5.74. The van der Waals surface area contributed by atoms with Gasteiger partial charge in [-0.05, 0) is 18.8 Å². The first kappa shape index (κ1) is 10.4. The minimum atomic E-state index is 0.688. The minimum absolute atomic E-state index is 0.688. The van der Waals surface area contributed by atoms with Gasteiger partial charge in [0.1, 0.15) is 0 Å². The van der Waals surface area contributed by atoms with Gasteiger partial charge in [-0.1, -0.05) is 26.7 Å². The molecule has 0 aromatic carbocycles. The molecule has 2 heteroatoms. The van der Waals surface area contributed by atoms with E-state index in [4.69, 9.17) is 5.73 Å². The summed E-state index contributed by atoms with van der Waals surface area (Å²) in [5.41, 5.74) is 5.73. The summed E-state index contributed by atoms with van der Waals surface area (Å²) in [7, 11) is 0. The Kier molecular flexibility index (Phi) is 4.44. The molecule has 1 fully saturated rings. The molecule has 2 N–H and O–H groups in total. The molecule has 1 atom stereocenters. The van der Waals surface area contributed by atoms with Crippen LogP contribution < -0.4 is 5.73 Å². The summed E-state index contributed by atoms with van der Waals surface area (Å²) in [5, 5.41) is 1.61. The van der Waals surface area contributed by atoms with Crippen LogP contribution in [0.25, 0.3) is 0 Å². The molecule has 0 amide bonds. The van der Waals surface area contributed by atoms with Crippen molar-refractivity contribution in [2.75, 3.05) is 6.54 Å². The Morgan fingerprint density at radius 3 is 2.33 bits per heavy atom. The molecule has 0 saturated heterocycles. The lowest BCUT2D eigenvalue weighted by atomic mass is 10.1. The fourth-order valence-corrected chi connectivity index (χ4v) is 3.28. The van der Waals surface area contributed by atoms with Gasteiger partial charge < -0.3 is 5.73 Å². The molecule has 0 aromatic heterocycles. The van der Waals surface area contributed by atoms with Gasteiger partial charge in [0.15, 0.2) is 0 Å². The standard InChI is InChI=1S/C10H21NS/c1-8(2)10(7-11)12-9-5-3-4-6-9/h8-10H,3-7,11H2,1-2H3. The van der Waals surface area contributed by atoms with Crippen LogP contribution in [-0.4, -0.2) is 17.0 Å². The fraction of sp³-hybridized carbons (Fsp3) is 1.00. The summed E-state index contributed by atoms with van der Waals surface area (Å²) in [6, 6.07) is 0. The summed E-state index contributed by atoms with van der Waals surface area (Å²) in [4.78, 5) is 0. The average Bonchev–Trinajstić information content (AvgIpc) is 2.51. The van der Waals surface area contributed by atoms with Crippen LogP contribution in [0.2, 0.25) is 0 Å². The summed E-state index contributed by atoms with van der Waals surface area (Å²) in [6.07, 6.45) is 5.72. The molecule has 1 rings (SSSR count). The predicted molar refractivity (Wildman–Crippen MR) is 57.5 cm³/mol. The molecule has 0 heterocycles. The second-order valence-corrected chi connectivity index (χ2v) is 5.61. The number of rotatable bonds is 4. The molecule has 0 bridgehead atoms. The van der Waals surface area contributed by atoms with Gasteiger partial charge in [0.2, 0.25) is 0 Å². The van der Waals surface area contributed by atoms with Crippen molar-refractivity contribution in [2.24, 2.45) is 11.7 Å². The Morgan fingerprint density at radius 2 is 1.92 bits per heavy atom. The molecule has 0 spiro atoms. The van der Waals surface area contributed by atoms with Crippen LogP contribution in [0.3, 0.4) is 0 Å². The van der Waals surface area contributed by atoms with Gasteiger partial charge in [-0.3, -0.25) is 0 Å². The van der Waals surface area contributed by atoms with Gasteiger partial charge >= 0.3 is 0 Å². The van der Waals surface area contributed by atoms with Crippen molar-refractivity contribution in [2.45, 2.75) is 50.0 Å². The summed E-state index contributed by atoms with van der Waals surface area (Å²) >= 11 is 2.14. The van der Waals surface area contributed by atoms with Crippen LogP contribution in [0.5, 0.6) is 0 Å². The van der Waals surface area contributed by atoms with E-state index in [1.54, 1.807) is 0 Å². The second kappa shape index (κ2) is 5.13. The topological polar surface area (TPSA) is 26.0 Å².